The number of rotatable bonds is 7. The number of carbonyl (C=O) groups excluding carboxylic acids is 2. The molecule has 1 N–H and O–H groups in total. The summed E-state index contributed by atoms with van der Waals surface area (Å²) in [6.07, 6.45) is -0.965. The van der Waals surface area contributed by atoms with Gasteiger partial charge in [-0.2, -0.15) is 0 Å². The Morgan fingerprint density at radius 3 is 2.36 bits per heavy atom. The highest BCUT2D eigenvalue weighted by Gasteiger charge is 2.17. The second-order valence-corrected chi connectivity index (χ2v) is 5.17. The number of alkyl carbamates (subject to hydrolysis) is 1. The molecule has 0 unspecified atom stereocenters. The lowest BCUT2D eigenvalue weighted by molar-refractivity contribution is -0.385. The maximum atomic E-state index is 11.8. The standard InChI is InChI=1S/C17H16N2O6/c20-16(21)14(10-12-6-2-1-3-7-12)18-17(22)25-11-13-8-4-5-9-15(13)19(23)24/h1-9,14H,10-11H2,(H,18,22)(H,20,21)/p-1/t14-/m1/s1. The molecule has 0 aliphatic carbocycles. The molecule has 2 aromatic rings. The summed E-state index contributed by atoms with van der Waals surface area (Å²) in [7, 11) is 0. The first-order valence-corrected chi connectivity index (χ1v) is 7.37. The van der Waals surface area contributed by atoms with E-state index in [1.807, 2.05) is 0 Å². The summed E-state index contributed by atoms with van der Waals surface area (Å²) in [5.74, 6) is -1.45. The van der Waals surface area contributed by atoms with E-state index in [9.17, 15) is 24.8 Å². The number of para-hydroxylation sites is 1. The quantitative estimate of drug-likeness (QED) is 0.595. The van der Waals surface area contributed by atoms with Crippen LogP contribution in [0.1, 0.15) is 11.1 Å². The summed E-state index contributed by atoms with van der Waals surface area (Å²) in [4.78, 5) is 33.3. The van der Waals surface area contributed by atoms with Gasteiger partial charge in [0.15, 0.2) is 0 Å². The highest BCUT2D eigenvalue weighted by Crippen LogP contribution is 2.18. The predicted molar refractivity (Wildman–Crippen MR) is 85.4 cm³/mol. The molecule has 0 aliphatic heterocycles. The molecule has 0 bridgehead atoms. The molecule has 0 aliphatic rings. The van der Waals surface area contributed by atoms with Gasteiger partial charge in [0, 0.05) is 6.07 Å². The van der Waals surface area contributed by atoms with E-state index in [1.54, 1.807) is 36.4 Å². The van der Waals surface area contributed by atoms with Gasteiger partial charge in [-0.25, -0.2) is 4.79 Å². The molecule has 0 saturated heterocycles. The zero-order valence-electron chi connectivity index (χ0n) is 13.1. The summed E-state index contributed by atoms with van der Waals surface area (Å²) < 4.78 is 4.89. The largest absolute Gasteiger partial charge is 0.548 e. The molecule has 25 heavy (non-hydrogen) atoms. The third kappa shape index (κ3) is 5.31. The van der Waals surface area contributed by atoms with Crippen molar-refractivity contribution in [2.75, 3.05) is 0 Å². The smallest absolute Gasteiger partial charge is 0.408 e. The van der Waals surface area contributed by atoms with Crippen molar-refractivity contribution in [2.45, 2.75) is 19.1 Å². The van der Waals surface area contributed by atoms with Gasteiger partial charge in [0.1, 0.15) is 6.61 Å². The molecular formula is C17H15N2O6-. The predicted octanol–water partition coefficient (Wildman–Crippen LogP) is 1.18. The van der Waals surface area contributed by atoms with Gasteiger partial charge in [0.25, 0.3) is 5.69 Å². The Morgan fingerprint density at radius 2 is 1.72 bits per heavy atom. The lowest BCUT2D eigenvalue weighted by Gasteiger charge is -2.19. The van der Waals surface area contributed by atoms with Crippen LogP contribution in [0.25, 0.3) is 0 Å². The van der Waals surface area contributed by atoms with E-state index < -0.39 is 23.0 Å². The number of nitro benzene ring substituents is 1. The molecule has 8 heteroatoms. The Labute approximate surface area is 143 Å². The van der Waals surface area contributed by atoms with Crippen LogP contribution in [-0.2, 0) is 22.6 Å². The van der Waals surface area contributed by atoms with Crippen LogP contribution in [0.5, 0.6) is 0 Å². The van der Waals surface area contributed by atoms with Crippen LogP contribution in [0.2, 0.25) is 0 Å². The van der Waals surface area contributed by atoms with E-state index in [4.69, 9.17) is 4.74 Å². The number of nitro groups is 1. The van der Waals surface area contributed by atoms with Crippen molar-refractivity contribution in [1.82, 2.24) is 5.32 Å². The second kappa shape index (κ2) is 8.44. The fraction of sp³-hybridized carbons (Fsp3) is 0.176. The van der Waals surface area contributed by atoms with Crippen molar-refractivity contribution in [2.24, 2.45) is 0 Å². The first-order chi connectivity index (χ1) is 12.0. The lowest BCUT2D eigenvalue weighted by atomic mass is 10.1. The normalized spacial score (nSPS) is 11.4. The van der Waals surface area contributed by atoms with Crippen LogP contribution < -0.4 is 10.4 Å². The van der Waals surface area contributed by atoms with E-state index in [2.05, 4.69) is 5.32 Å². The number of nitrogens with one attached hydrogen (secondary N) is 1. The highest BCUT2D eigenvalue weighted by atomic mass is 16.6. The molecule has 1 atom stereocenters. The van der Waals surface area contributed by atoms with Crippen molar-refractivity contribution < 1.29 is 24.4 Å². The monoisotopic (exact) mass is 343 g/mol. The van der Waals surface area contributed by atoms with Gasteiger partial charge in [-0.15, -0.1) is 0 Å². The van der Waals surface area contributed by atoms with Gasteiger partial charge in [0.2, 0.25) is 0 Å². The van der Waals surface area contributed by atoms with Crippen LogP contribution in [-0.4, -0.2) is 23.0 Å². The third-order valence-electron chi connectivity index (χ3n) is 3.41. The third-order valence-corrected chi connectivity index (χ3v) is 3.41. The van der Waals surface area contributed by atoms with Crippen molar-refractivity contribution in [1.29, 1.82) is 0 Å². The number of benzene rings is 2. The van der Waals surface area contributed by atoms with Crippen molar-refractivity contribution in [3.8, 4) is 0 Å². The number of carboxylic acids is 1. The Balaban J connectivity index is 1.96. The average Bonchev–Trinajstić information content (AvgIpc) is 2.60. The number of hydrogen-bond acceptors (Lipinski definition) is 6. The maximum absolute atomic E-state index is 11.8. The number of aliphatic carboxylic acids is 1. The number of nitrogens with zero attached hydrogens (tertiary/aromatic N) is 1. The van der Waals surface area contributed by atoms with Gasteiger partial charge >= 0.3 is 6.09 Å². The van der Waals surface area contributed by atoms with Crippen LogP contribution in [0, 0.1) is 10.1 Å². The van der Waals surface area contributed by atoms with Crippen LogP contribution in [0.15, 0.2) is 54.6 Å². The zero-order chi connectivity index (χ0) is 18.2. The van der Waals surface area contributed by atoms with Crippen molar-refractivity contribution in [3.05, 3.63) is 75.8 Å². The average molecular weight is 343 g/mol. The van der Waals surface area contributed by atoms with Gasteiger partial charge in [-0.05, 0) is 18.1 Å². The lowest BCUT2D eigenvalue weighted by Crippen LogP contribution is -2.49. The number of hydrogen-bond donors (Lipinski definition) is 1. The maximum Gasteiger partial charge on any atom is 0.408 e. The first-order valence-electron chi connectivity index (χ1n) is 7.37. The molecule has 0 radical (unpaired) electrons. The number of amides is 1. The molecule has 0 heterocycles. The fourth-order valence-corrected chi connectivity index (χ4v) is 2.18. The van der Waals surface area contributed by atoms with Crippen LogP contribution >= 0.6 is 0 Å². The zero-order valence-corrected chi connectivity index (χ0v) is 13.1. The minimum absolute atomic E-state index is 0.0315. The number of carbonyl (C=O) groups is 2. The Bertz CT molecular complexity index is 763. The minimum Gasteiger partial charge on any atom is -0.548 e. The van der Waals surface area contributed by atoms with Gasteiger partial charge < -0.3 is 20.0 Å². The summed E-state index contributed by atoms with van der Waals surface area (Å²) in [6, 6.07) is 13.2. The summed E-state index contributed by atoms with van der Waals surface area (Å²) >= 11 is 0. The number of ether oxygens (including phenoxy) is 1. The highest BCUT2D eigenvalue weighted by molar-refractivity contribution is 5.78. The molecule has 0 fully saturated rings. The minimum atomic E-state index is -1.45. The molecule has 0 saturated carbocycles. The van der Waals surface area contributed by atoms with Gasteiger partial charge in [0.05, 0.1) is 22.5 Å². The first kappa shape index (κ1) is 17.9. The van der Waals surface area contributed by atoms with Crippen molar-refractivity contribution in [3.63, 3.8) is 0 Å². The van der Waals surface area contributed by atoms with E-state index in [-0.39, 0.29) is 24.3 Å². The molecule has 0 spiro atoms. The fourth-order valence-electron chi connectivity index (χ4n) is 2.18. The van der Waals surface area contributed by atoms with Gasteiger partial charge in [-0.3, -0.25) is 10.1 Å². The summed E-state index contributed by atoms with van der Waals surface area (Å²) in [6.45, 7) is -0.353. The molecule has 0 aromatic heterocycles. The SMILES string of the molecule is O=C(N[C@H](Cc1ccccc1)C(=O)[O-])OCc1ccccc1[N+](=O)[O-]. The van der Waals surface area contributed by atoms with E-state index in [0.717, 1.165) is 0 Å². The van der Waals surface area contributed by atoms with Crippen LogP contribution in [0.3, 0.4) is 0 Å². The summed E-state index contributed by atoms with van der Waals surface area (Å²) in [5.41, 5.74) is 0.724. The Morgan fingerprint density at radius 1 is 1.08 bits per heavy atom. The van der Waals surface area contributed by atoms with E-state index >= 15 is 0 Å². The topological polar surface area (TPSA) is 122 Å². The summed E-state index contributed by atoms with van der Waals surface area (Å²) in [5, 5.41) is 24.3. The van der Waals surface area contributed by atoms with E-state index in [0.29, 0.717) is 5.56 Å². The molecule has 8 nitrogen and oxygen atoms in total. The second-order valence-electron chi connectivity index (χ2n) is 5.17. The number of carboxylic acid groups (broad SMARTS) is 1. The Hall–Kier alpha value is -3.42. The molecule has 130 valence electrons. The molecular weight excluding hydrogens is 328 g/mol. The van der Waals surface area contributed by atoms with Gasteiger partial charge in [-0.1, -0.05) is 42.5 Å². The Kier molecular flexibility index (Phi) is 6.05. The molecule has 1 amide bonds. The van der Waals surface area contributed by atoms with Crippen molar-refractivity contribution >= 4 is 17.7 Å². The molecule has 2 rings (SSSR count). The molecule has 2 aromatic carbocycles. The van der Waals surface area contributed by atoms with Crippen LogP contribution in [0.4, 0.5) is 10.5 Å². The van der Waals surface area contributed by atoms with E-state index in [1.165, 1.54) is 18.2 Å².